The molecule has 4 amide bonds. The van der Waals surface area contributed by atoms with Gasteiger partial charge in [-0.25, -0.2) is 4.79 Å². The van der Waals surface area contributed by atoms with Crippen LogP contribution in [0, 0.1) is 5.92 Å². The molecule has 0 bridgehead atoms. The molecule has 0 spiro atoms. The minimum absolute atomic E-state index is 0.114. The van der Waals surface area contributed by atoms with E-state index in [0.717, 1.165) is 42.8 Å². The van der Waals surface area contributed by atoms with E-state index in [4.69, 9.17) is 4.74 Å². The van der Waals surface area contributed by atoms with Gasteiger partial charge in [0.15, 0.2) is 0 Å². The van der Waals surface area contributed by atoms with E-state index >= 15 is 0 Å². The number of hydrogen-bond donors (Lipinski definition) is 2. The Kier molecular flexibility index (Phi) is 5.93. The highest BCUT2D eigenvalue weighted by Gasteiger charge is 2.52. The summed E-state index contributed by atoms with van der Waals surface area (Å²) in [5.74, 6) is 0.739. The zero-order valence-corrected chi connectivity index (χ0v) is 17.6. The molecule has 2 aromatic carbocycles. The van der Waals surface area contributed by atoms with Gasteiger partial charge in [-0.05, 0) is 62.1 Å². The number of carbonyl (C=O) groups excluding carboxylic acids is 3. The number of rotatable bonds is 6. The van der Waals surface area contributed by atoms with Crippen LogP contribution in [0.5, 0.6) is 11.5 Å². The van der Waals surface area contributed by atoms with Crippen molar-refractivity contribution in [1.29, 1.82) is 0 Å². The first-order chi connectivity index (χ1) is 15.0. The third-order valence-corrected chi connectivity index (χ3v) is 6.14. The van der Waals surface area contributed by atoms with Gasteiger partial charge in [-0.1, -0.05) is 37.5 Å². The molecule has 4 rings (SSSR count). The Bertz CT molecular complexity index is 955. The molecule has 2 aromatic rings. The average Bonchev–Trinajstić information content (AvgIpc) is 3.00. The molecule has 1 aliphatic heterocycles. The first-order valence-electron chi connectivity index (χ1n) is 10.7. The number of hydrogen-bond acceptors (Lipinski definition) is 4. The van der Waals surface area contributed by atoms with Gasteiger partial charge in [0, 0.05) is 5.69 Å². The molecule has 7 nitrogen and oxygen atoms in total. The normalized spacial score (nSPS) is 21.6. The minimum Gasteiger partial charge on any atom is -0.457 e. The summed E-state index contributed by atoms with van der Waals surface area (Å²) in [4.78, 5) is 39.0. The molecule has 1 aliphatic carbocycles. The van der Waals surface area contributed by atoms with Gasteiger partial charge in [0.2, 0.25) is 5.91 Å². The van der Waals surface area contributed by atoms with Crippen LogP contribution in [0.15, 0.2) is 54.6 Å². The number of anilines is 1. The van der Waals surface area contributed by atoms with E-state index < -0.39 is 17.5 Å². The van der Waals surface area contributed by atoms with Crippen molar-refractivity contribution < 1.29 is 19.1 Å². The summed E-state index contributed by atoms with van der Waals surface area (Å²) in [5.41, 5.74) is -0.360. The average molecular weight is 421 g/mol. The van der Waals surface area contributed by atoms with Gasteiger partial charge in [-0.15, -0.1) is 0 Å². The standard InChI is InChI=1S/C24H27N3O4/c1-24(17-8-4-2-5-9-17)22(29)27(23(30)26-24)16-21(28)25-18-12-14-20(15-13-18)31-19-10-6-3-7-11-19/h3,6-7,10-15,17H,2,4-5,8-9,16H2,1H3,(H,25,28)(H,26,30)/t24-/m0/s1. The number of urea groups is 1. The van der Waals surface area contributed by atoms with Crippen LogP contribution in [0.2, 0.25) is 0 Å². The van der Waals surface area contributed by atoms with Crippen LogP contribution in [-0.4, -0.2) is 34.8 Å². The summed E-state index contributed by atoms with van der Waals surface area (Å²) in [6.07, 6.45) is 5.12. The van der Waals surface area contributed by atoms with Crippen LogP contribution in [0.25, 0.3) is 0 Å². The first-order valence-corrected chi connectivity index (χ1v) is 10.7. The van der Waals surface area contributed by atoms with Gasteiger partial charge in [-0.3, -0.25) is 14.5 Å². The molecular weight excluding hydrogens is 394 g/mol. The summed E-state index contributed by atoms with van der Waals surface area (Å²) >= 11 is 0. The Balaban J connectivity index is 1.35. The van der Waals surface area contributed by atoms with Crippen molar-refractivity contribution in [2.75, 3.05) is 11.9 Å². The first kappa shape index (κ1) is 20.9. The molecule has 7 heteroatoms. The lowest BCUT2D eigenvalue weighted by Crippen LogP contribution is -2.51. The summed E-state index contributed by atoms with van der Waals surface area (Å²) < 4.78 is 5.74. The third-order valence-electron chi connectivity index (χ3n) is 6.14. The van der Waals surface area contributed by atoms with Crippen molar-refractivity contribution >= 4 is 23.5 Å². The quantitative estimate of drug-likeness (QED) is 0.681. The van der Waals surface area contributed by atoms with E-state index in [0.29, 0.717) is 11.4 Å². The molecule has 0 aromatic heterocycles. The topological polar surface area (TPSA) is 87.7 Å². The highest BCUT2D eigenvalue weighted by Crippen LogP contribution is 2.36. The lowest BCUT2D eigenvalue weighted by Gasteiger charge is -2.34. The summed E-state index contributed by atoms with van der Waals surface area (Å²) in [5, 5.41) is 5.58. The number of amides is 4. The van der Waals surface area contributed by atoms with E-state index in [1.165, 1.54) is 0 Å². The minimum atomic E-state index is -0.922. The lowest BCUT2D eigenvalue weighted by atomic mass is 9.75. The van der Waals surface area contributed by atoms with Crippen LogP contribution in [0.3, 0.4) is 0 Å². The van der Waals surface area contributed by atoms with Gasteiger partial charge in [0.05, 0.1) is 0 Å². The molecule has 0 unspecified atom stereocenters. The van der Waals surface area contributed by atoms with Crippen LogP contribution >= 0.6 is 0 Å². The highest BCUT2D eigenvalue weighted by atomic mass is 16.5. The Hall–Kier alpha value is -3.35. The van der Waals surface area contributed by atoms with Gasteiger partial charge in [0.25, 0.3) is 5.91 Å². The van der Waals surface area contributed by atoms with Crippen molar-refractivity contribution in [3.8, 4) is 11.5 Å². The van der Waals surface area contributed by atoms with Crippen LogP contribution in [-0.2, 0) is 9.59 Å². The van der Waals surface area contributed by atoms with Gasteiger partial charge in [0.1, 0.15) is 23.6 Å². The van der Waals surface area contributed by atoms with E-state index in [9.17, 15) is 14.4 Å². The number of carbonyl (C=O) groups is 3. The highest BCUT2D eigenvalue weighted by molar-refractivity contribution is 6.10. The lowest BCUT2D eigenvalue weighted by molar-refractivity contribution is -0.135. The predicted octanol–water partition coefficient (Wildman–Crippen LogP) is 4.31. The maximum absolute atomic E-state index is 13.0. The largest absolute Gasteiger partial charge is 0.457 e. The fourth-order valence-electron chi connectivity index (χ4n) is 4.39. The SMILES string of the molecule is C[C@@]1(C2CCCCC2)NC(=O)N(CC(=O)Nc2ccc(Oc3ccccc3)cc2)C1=O. The molecular formula is C24H27N3O4. The zero-order valence-electron chi connectivity index (χ0n) is 17.6. The van der Waals surface area contributed by atoms with Crippen molar-refractivity contribution in [3.05, 3.63) is 54.6 Å². The second-order valence-corrected chi connectivity index (χ2v) is 8.35. The van der Waals surface area contributed by atoms with Gasteiger partial charge in [-0.2, -0.15) is 0 Å². The number of imide groups is 1. The molecule has 2 N–H and O–H groups in total. The zero-order chi connectivity index (χ0) is 21.8. The van der Waals surface area contributed by atoms with Crippen LogP contribution in [0.1, 0.15) is 39.0 Å². The second-order valence-electron chi connectivity index (χ2n) is 8.35. The number of ether oxygens (including phenoxy) is 1. The molecule has 1 heterocycles. The smallest absolute Gasteiger partial charge is 0.325 e. The number of nitrogens with one attached hydrogen (secondary N) is 2. The van der Waals surface area contributed by atoms with E-state index in [-0.39, 0.29) is 18.4 Å². The number of benzene rings is 2. The van der Waals surface area contributed by atoms with E-state index in [1.54, 1.807) is 31.2 Å². The van der Waals surface area contributed by atoms with Crippen molar-refractivity contribution in [1.82, 2.24) is 10.2 Å². The number of nitrogens with zero attached hydrogens (tertiary/aromatic N) is 1. The Morgan fingerprint density at radius 3 is 2.35 bits per heavy atom. The Morgan fingerprint density at radius 1 is 1.03 bits per heavy atom. The molecule has 31 heavy (non-hydrogen) atoms. The monoisotopic (exact) mass is 421 g/mol. The van der Waals surface area contributed by atoms with Crippen LogP contribution in [0.4, 0.5) is 10.5 Å². The fourth-order valence-corrected chi connectivity index (χ4v) is 4.39. The van der Waals surface area contributed by atoms with Crippen LogP contribution < -0.4 is 15.4 Å². The predicted molar refractivity (Wildman–Crippen MR) is 117 cm³/mol. The third kappa shape index (κ3) is 4.55. The summed E-state index contributed by atoms with van der Waals surface area (Å²) in [6.45, 7) is 1.47. The van der Waals surface area contributed by atoms with Crippen molar-refractivity contribution in [3.63, 3.8) is 0 Å². The maximum atomic E-state index is 13.0. The fraction of sp³-hybridized carbons (Fsp3) is 0.375. The molecule has 2 aliphatic rings. The van der Waals surface area contributed by atoms with Crippen molar-refractivity contribution in [2.45, 2.75) is 44.6 Å². The molecule has 162 valence electrons. The molecule has 1 saturated carbocycles. The molecule has 2 fully saturated rings. The van der Waals surface area contributed by atoms with E-state index in [2.05, 4.69) is 10.6 Å². The Labute approximate surface area is 181 Å². The second kappa shape index (κ2) is 8.79. The molecule has 1 saturated heterocycles. The van der Waals surface area contributed by atoms with Gasteiger partial charge < -0.3 is 15.4 Å². The molecule has 1 atom stereocenters. The Morgan fingerprint density at radius 2 is 1.68 bits per heavy atom. The summed E-state index contributed by atoms with van der Waals surface area (Å²) in [7, 11) is 0. The summed E-state index contributed by atoms with van der Waals surface area (Å²) in [6, 6.07) is 15.8. The van der Waals surface area contributed by atoms with Gasteiger partial charge >= 0.3 is 6.03 Å². The van der Waals surface area contributed by atoms with E-state index in [1.807, 2.05) is 30.3 Å². The maximum Gasteiger partial charge on any atom is 0.325 e. The number of para-hydroxylation sites is 1. The molecule has 0 radical (unpaired) electrons. The van der Waals surface area contributed by atoms with Crippen molar-refractivity contribution in [2.24, 2.45) is 5.92 Å².